The van der Waals surface area contributed by atoms with Crippen LogP contribution in [0.15, 0.2) is 42.5 Å². The fourth-order valence-electron chi connectivity index (χ4n) is 4.48. The van der Waals surface area contributed by atoms with E-state index in [0.29, 0.717) is 35.6 Å². The second kappa shape index (κ2) is 9.18. The lowest BCUT2D eigenvalue weighted by atomic mass is 9.96. The number of carbonyl (C=O) groups is 1. The lowest BCUT2D eigenvalue weighted by Gasteiger charge is -2.35. The first kappa shape index (κ1) is 21.5. The molecule has 3 aromatic rings. The van der Waals surface area contributed by atoms with Crippen molar-refractivity contribution in [1.29, 1.82) is 0 Å². The molecule has 1 aliphatic rings. The van der Waals surface area contributed by atoms with E-state index in [2.05, 4.69) is 41.1 Å². The van der Waals surface area contributed by atoms with E-state index in [-0.39, 0.29) is 5.91 Å². The smallest absolute Gasteiger partial charge is 0.270 e. The number of aryl methyl sites for hydroxylation is 1. The van der Waals surface area contributed by atoms with Crippen LogP contribution in [0.3, 0.4) is 0 Å². The molecule has 1 aromatic heterocycles. The van der Waals surface area contributed by atoms with Gasteiger partial charge in [0.2, 0.25) is 0 Å². The zero-order valence-electron chi connectivity index (χ0n) is 18.1. The van der Waals surface area contributed by atoms with E-state index >= 15 is 0 Å². The molecular formula is C25H29F2N3O. The Balaban J connectivity index is 1.41. The van der Waals surface area contributed by atoms with Crippen molar-refractivity contribution < 1.29 is 13.6 Å². The lowest BCUT2D eigenvalue weighted by Crippen LogP contribution is -2.42. The Labute approximate surface area is 181 Å². The number of amides is 1. The monoisotopic (exact) mass is 425 g/mol. The molecular weight excluding hydrogens is 396 g/mol. The number of rotatable bonds is 6. The Morgan fingerprint density at radius 2 is 1.90 bits per heavy atom. The molecule has 4 rings (SSSR count). The number of nitrogens with one attached hydrogen (secondary N) is 1. The van der Waals surface area contributed by atoms with Gasteiger partial charge in [-0.05, 0) is 56.8 Å². The van der Waals surface area contributed by atoms with Crippen molar-refractivity contribution in [2.24, 2.45) is 5.92 Å². The lowest BCUT2D eigenvalue weighted by molar-refractivity contribution is 0.0680. The number of aromatic amines is 1. The number of hydrogen-bond acceptors (Lipinski definition) is 2. The van der Waals surface area contributed by atoms with Gasteiger partial charge in [-0.3, -0.25) is 9.69 Å². The summed E-state index contributed by atoms with van der Waals surface area (Å²) in [6.07, 6.45) is 2.21. The molecule has 6 heteroatoms. The predicted molar refractivity (Wildman–Crippen MR) is 119 cm³/mol. The highest BCUT2D eigenvalue weighted by Gasteiger charge is 2.25. The fraction of sp³-hybridized carbons (Fsp3) is 0.400. The number of fused-ring (bicyclic) bond motifs is 1. The fourth-order valence-corrected chi connectivity index (χ4v) is 4.48. The third kappa shape index (κ3) is 4.96. The van der Waals surface area contributed by atoms with E-state index in [4.69, 9.17) is 0 Å². The molecule has 2 heterocycles. The van der Waals surface area contributed by atoms with Crippen LogP contribution in [0.1, 0.15) is 41.4 Å². The van der Waals surface area contributed by atoms with E-state index in [1.807, 2.05) is 11.8 Å². The van der Waals surface area contributed by atoms with Gasteiger partial charge in [-0.2, -0.15) is 0 Å². The number of H-pyrrole nitrogens is 1. The van der Waals surface area contributed by atoms with E-state index in [1.54, 1.807) is 6.07 Å². The molecule has 1 N–H and O–H groups in total. The second-order valence-corrected chi connectivity index (χ2v) is 8.61. The first-order chi connectivity index (χ1) is 14.9. The van der Waals surface area contributed by atoms with Crippen LogP contribution in [0, 0.1) is 24.5 Å². The molecule has 0 saturated carbocycles. The van der Waals surface area contributed by atoms with Crippen LogP contribution in [0.5, 0.6) is 0 Å². The van der Waals surface area contributed by atoms with E-state index in [1.165, 1.54) is 11.1 Å². The standard InChI is InChI=1S/C25H29F2N3O/c1-3-30(25(31)24-12-20-11-21(26)22(27)13-23(20)28-24)16-19-5-4-10-29(15-19)14-18-8-6-17(2)7-9-18/h6-9,11-13,19,28H,3-5,10,14-16H2,1-2H3. The highest BCUT2D eigenvalue weighted by Crippen LogP contribution is 2.23. The van der Waals surface area contributed by atoms with Crippen molar-refractivity contribution in [3.63, 3.8) is 0 Å². The van der Waals surface area contributed by atoms with Crippen molar-refractivity contribution in [2.45, 2.75) is 33.2 Å². The SMILES string of the molecule is CCN(CC1CCCN(Cc2ccc(C)cc2)C1)C(=O)c1cc2cc(F)c(F)cc2[nH]1. The molecule has 31 heavy (non-hydrogen) atoms. The van der Waals surface area contributed by atoms with Crippen LogP contribution < -0.4 is 0 Å². The number of halogens is 2. The van der Waals surface area contributed by atoms with Crippen molar-refractivity contribution in [3.05, 3.63) is 70.9 Å². The maximum absolute atomic E-state index is 13.5. The minimum Gasteiger partial charge on any atom is -0.350 e. The van der Waals surface area contributed by atoms with Gasteiger partial charge in [0, 0.05) is 43.1 Å². The first-order valence-electron chi connectivity index (χ1n) is 11.0. The Hall–Kier alpha value is -2.73. The summed E-state index contributed by atoms with van der Waals surface area (Å²) in [6.45, 7) is 8.29. The zero-order valence-corrected chi connectivity index (χ0v) is 18.1. The van der Waals surface area contributed by atoms with Crippen molar-refractivity contribution in [3.8, 4) is 0 Å². The minimum atomic E-state index is -0.920. The molecule has 1 fully saturated rings. The molecule has 1 aliphatic heterocycles. The maximum atomic E-state index is 13.5. The first-order valence-corrected chi connectivity index (χ1v) is 11.0. The molecule has 2 aromatic carbocycles. The summed E-state index contributed by atoms with van der Waals surface area (Å²) in [6, 6.07) is 12.5. The molecule has 4 nitrogen and oxygen atoms in total. The van der Waals surface area contributed by atoms with E-state index in [0.717, 1.165) is 44.6 Å². The number of aromatic nitrogens is 1. The largest absolute Gasteiger partial charge is 0.350 e. The Bertz CT molecular complexity index is 1020. The van der Waals surface area contributed by atoms with Crippen LogP contribution >= 0.6 is 0 Å². The van der Waals surface area contributed by atoms with Gasteiger partial charge in [0.15, 0.2) is 11.6 Å². The summed E-state index contributed by atoms with van der Waals surface area (Å²) in [5, 5.41) is 0.500. The number of nitrogens with zero attached hydrogens (tertiary/aromatic N) is 2. The highest BCUT2D eigenvalue weighted by atomic mass is 19.2. The summed E-state index contributed by atoms with van der Waals surface area (Å²) in [4.78, 5) is 20.3. The molecule has 0 radical (unpaired) electrons. The molecule has 0 aliphatic carbocycles. The van der Waals surface area contributed by atoms with Gasteiger partial charge < -0.3 is 9.88 Å². The quantitative estimate of drug-likeness (QED) is 0.595. The summed E-state index contributed by atoms with van der Waals surface area (Å²) < 4.78 is 27.0. The predicted octanol–water partition coefficient (Wildman–Crippen LogP) is 5.13. The Morgan fingerprint density at radius 1 is 1.16 bits per heavy atom. The summed E-state index contributed by atoms with van der Waals surface area (Å²) in [5.74, 6) is -1.55. The van der Waals surface area contributed by atoms with Gasteiger partial charge >= 0.3 is 0 Å². The Kier molecular flexibility index (Phi) is 6.37. The number of piperidine rings is 1. The third-order valence-corrected chi connectivity index (χ3v) is 6.17. The minimum absolute atomic E-state index is 0.129. The van der Waals surface area contributed by atoms with Crippen molar-refractivity contribution in [2.75, 3.05) is 26.2 Å². The number of likely N-dealkylation sites (tertiary alicyclic amines) is 1. The molecule has 0 spiro atoms. The molecule has 164 valence electrons. The van der Waals surface area contributed by atoms with Crippen molar-refractivity contribution >= 4 is 16.8 Å². The molecule has 1 saturated heterocycles. The highest BCUT2D eigenvalue weighted by molar-refractivity contribution is 5.98. The average molecular weight is 426 g/mol. The van der Waals surface area contributed by atoms with Gasteiger partial charge in [0.05, 0.1) is 0 Å². The number of benzene rings is 2. The van der Waals surface area contributed by atoms with Gasteiger partial charge in [0.1, 0.15) is 5.69 Å². The van der Waals surface area contributed by atoms with Crippen molar-refractivity contribution in [1.82, 2.24) is 14.8 Å². The summed E-state index contributed by atoms with van der Waals surface area (Å²) >= 11 is 0. The maximum Gasteiger partial charge on any atom is 0.270 e. The number of hydrogen-bond donors (Lipinski definition) is 1. The van der Waals surface area contributed by atoms with E-state index in [9.17, 15) is 13.6 Å². The Morgan fingerprint density at radius 3 is 2.65 bits per heavy atom. The van der Waals surface area contributed by atoms with E-state index < -0.39 is 11.6 Å². The van der Waals surface area contributed by atoms with Crippen LogP contribution in [-0.4, -0.2) is 46.9 Å². The average Bonchev–Trinajstić information content (AvgIpc) is 3.16. The number of carbonyl (C=O) groups excluding carboxylic acids is 1. The van der Waals surface area contributed by atoms with Crippen LogP contribution in [-0.2, 0) is 6.54 Å². The molecule has 1 unspecified atom stereocenters. The second-order valence-electron chi connectivity index (χ2n) is 8.61. The van der Waals surface area contributed by atoms with Gasteiger partial charge in [-0.1, -0.05) is 29.8 Å². The topological polar surface area (TPSA) is 39.3 Å². The van der Waals surface area contributed by atoms with Crippen LogP contribution in [0.4, 0.5) is 8.78 Å². The molecule has 0 bridgehead atoms. The van der Waals surface area contributed by atoms with Gasteiger partial charge in [-0.15, -0.1) is 0 Å². The summed E-state index contributed by atoms with van der Waals surface area (Å²) in [5.41, 5.74) is 3.38. The molecule has 1 amide bonds. The van der Waals surface area contributed by atoms with Gasteiger partial charge in [0.25, 0.3) is 5.91 Å². The van der Waals surface area contributed by atoms with Crippen LogP contribution in [0.25, 0.3) is 10.9 Å². The van der Waals surface area contributed by atoms with Gasteiger partial charge in [-0.25, -0.2) is 8.78 Å². The zero-order chi connectivity index (χ0) is 22.0. The molecule has 1 atom stereocenters. The normalized spacial score (nSPS) is 17.2. The van der Waals surface area contributed by atoms with Crippen LogP contribution in [0.2, 0.25) is 0 Å². The summed E-state index contributed by atoms with van der Waals surface area (Å²) in [7, 11) is 0. The third-order valence-electron chi connectivity index (χ3n) is 6.17.